The highest BCUT2D eigenvalue weighted by Gasteiger charge is 2.20. The molecule has 1 aromatic heterocycles. The fourth-order valence-corrected chi connectivity index (χ4v) is 3.10. The Kier molecular flexibility index (Phi) is 7.18. The fourth-order valence-electron chi connectivity index (χ4n) is 3.10. The molecule has 1 aliphatic heterocycles. The van der Waals surface area contributed by atoms with Crippen LogP contribution in [0.5, 0.6) is 5.75 Å². The molecule has 0 aliphatic carbocycles. The zero-order valence-electron chi connectivity index (χ0n) is 15.9. The van der Waals surface area contributed by atoms with Gasteiger partial charge in [0.15, 0.2) is 5.96 Å². The maximum absolute atomic E-state index is 12.6. The molecule has 0 spiro atoms. The van der Waals surface area contributed by atoms with E-state index in [1.54, 1.807) is 24.5 Å². The Bertz CT molecular complexity index is 747. The summed E-state index contributed by atoms with van der Waals surface area (Å²) in [5.74, 6) is 0.935. The highest BCUT2D eigenvalue weighted by Crippen LogP contribution is 2.21. The first kappa shape index (κ1) is 20.1. The number of halogens is 2. The molecule has 1 aliphatic rings. The molecule has 3 rings (SSSR count). The van der Waals surface area contributed by atoms with Crippen molar-refractivity contribution in [2.75, 3.05) is 32.7 Å². The van der Waals surface area contributed by atoms with Crippen LogP contribution in [0.3, 0.4) is 0 Å². The third kappa shape index (κ3) is 5.66. The number of guanidine groups is 1. The zero-order chi connectivity index (χ0) is 19.8. The van der Waals surface area contributed by atoms with Crippen molar-refractivity contribution in [3.8, 4) is 5.75 Å². The molecule has 0 amide bonds. The number of benzene rings is 1. The van der Waals surface area contributed by atoms with Gasteiger partial charge in [0, 0.05) is 50.9 Å². The van der Waals surface area contributed by atoms with Gasteiger partial charge >= 0.3 is 6.61 Å². The lowest BCUT2D eigenvalue weighted by Crippen LogP contribution is -2.52. The number of aliphatic imine (C=N–C) groups is 1. The van der Waals surface area contributed by atoms with Crippen molar-refractivity contribution in [1.29, 1.82) is 0 Å². The molecule has 1 N–H and O–H groups in total. The molecule has 152 valence electrons. The van der Waals surface area contributed by atoms with Crippen molar-refractivity contribution in [2.45, 2.75) is 26.6 Å². The Morgan fingerprint density at radius 2 is 2.04 bits per heavy atom. The molecule has 1 fully saturated rings. The van der Waals surface area contributed by atoms with Crippen LogP contribution in [-0.4, -0.2) is 60.3 Å². The molecular weight excluding hydrogens is 368 g/mol. The lowest BCUT2D eigenvalue weighted by molar-refractivity contribution is -0.0504. The van der Waals surface area contributed by atoms with Gasteiger partial charge in [0.25, 0.3) is 0 Å². The van der Waals surface area contributed by atoms with Gasteiger partial charge < -0.3 is 19.5 Å². The first-order chi connectivity index (χ1) is 13.7. The molecule has 7 nitrogen and oxygen atoms in total. The van der Waals surface area contributed by atoms with E-state index in [4.69, 9.17) is 4.52 Å². The average Bonchev–Trinajstić information content (AvgIpc) is 3.19. The minimum atomic E-state index is -2.85. The van der Waals surface area contributed by atoms with Gasteiger partial charge in [-0.1, -0.05) is 23.4 Å². The normalized spacial score (nSPS) is 15.9. The summed E-state index contributed by atoms with van der Waals surface area (Å²) < 4.78 is 34.7. The van der Waals surface area contributed by atoms with Gasteiger partial charge in [-0.05, 0) is 13.0 Å². The molecule has 0 atom stereocenters. The summed E-state index contributed by atoms with van der Waals surface area (Å²) in [6.07, 6.45) is 1.58. The van der Waals surface area contributed by atoms with Gasteiger partial charge in [0.1, 0.15) is 12.0 Å². The van der Waals surface area contributed by atoms with Crippen molar-refractivity contribution in [3.05, 3.63) is 47.9 Å². The topological polar surface area (TPSA) is 66.1 Å². The number of ether oxygens (including phenoxy) is 1. The summed E-state index contributed by atoms with van der Waals surface area (Å²) in [6, 6.07) is 8.62. The summed E-state index contributed by atoms with van der Waals surface area (Å²) >= 11 is 0. The minimum Gasteiger partial charge on any atom is -0.434 e. The van der Waals surface area contributed by atoms with Crippen LogP contribution in [0.15, 0.2) is 46.1 Å². The van der Waals surface area contributed by atoms with Gasteiger partial charge in [-0.3, -0.25) is 4.90 Å². The molecule has 0 bridgehead atoms. The first-order valence-corrected chi connectivity index (χ1v) is 9.33. The maximum Gasteiger partial charge on any atom is 0.387 e. The summed E-state index contributed by atoms with van der Waals surface area (Å²) in [4.78, 5) is 9.13. The van der Waals surface area contributed by atoms with Crippen molar-refractivity contribution in [2.24, 2.45) is 4.99 Å². The third-order valence-corrected chi connectivity index (χ3v) is 4.47. The van der Waals surface area contributed by atoms with E-state index in [9.17, 15) is 8.78 Å². The van der Waals surface area contributed by atoms with E-state index in [0.29, 0.717) is 5.56 Å². The second-order valence-electron chi connectivity index (χ2n) is 6.41. The number of para-hydroxylation sites is 1. The Labute approximate surface area is 163 Å². The molecule has 2 aromatic rings. The van der Waals surface area contributed by atoms with Crippen molar-refractivity contribution < 1.29 is 18.0 Å². The van der Waals surface area contributed by atoms with E-state index in [-0.39, 0.29) is 12.3 Å². The van der Waals surface area contributed by atoms with E-state index < -0.39 is 6.61 Å². The van der Waals surface area contributed by atoms with E-state index in [1.165, 1.54) is 6.07 Å². The molecule has 28 heavy (non-hydrogen) atoms. The van der Waals surface area contributed by atoms with Crippen molar-refractivity contribution in [1.82, 2.24) is 20.3 Å². The zero-order valence-corrected chi connectivity index (χ0v) is 15.9. The average molecular weight is 393 g/mol. The van der Waals surface area contributed by atoms with Gasteiger partial charge in [-0.25, -0.2) is 4.99 Å². The second kappa shape index (κ2) is 10.0. The number of hydrogen-bond acceptors (Lipinski definition) is 5. The largest absolute Gasteiger partial charge is 0.434 e. The highest BCUT2D eigenvalue weighted by atomic mass is 19.3. The molecular formula is C19H25F2N5O2. The first-order valence-electron chi connectivity index (χ1n) is 9.33. The number of nitrogens with zero attached hydrogens (tertiary/aromatic N) is 4. The van der Waals surface area contributed by atoms with Crippen LogP contribution >= 0.6 is 0 Å². The number of alkyl halides is 2. The summed E-state index contributed by atoms with van der Waals surface area (Å²) in [5, 5.41) is 7.24. The van der Waals surface area contributed by atoms with Gasteiger partial charge in [-0.2, -0.15) is 8.78 Å². The lowest BCUT2D eigenvalue weighted by Gasteiger charge is -2.36. The Balaban J connectivity index is 1.60. The summed E-state index contributed by atoms with van der Waals surface area (Å²) in [5.41, 5.74) is 1.55. The monoisotopic (exact) mass is 393 g/mol. The van der Waals surface area contributed by atoms with E-state index in [2.05, 4.69) is 30.0 Å². The van der Waals surface area contributed by atoms with E-state index in [0.717, 1.165) is 50.9 Å². The second-order valence-corrected chi connectivity index (χ2v) is 6.41. The Morgan fingerprint density at radius 3 is 2.71 bits per heavy atom. The maximum atomic E-state index is 12.6. The van der Waals surface area contributed by atoms with Crippen LogP contribution in [0, 0.1) is 0 Å². The van der Waals surface area contributed by atoms with Gasteiger partial charge in [0.2, 0.25) is 0 Å². The van der Waals surface area contributed by atoms with E-state index in [1.807, 2.05) is 13.0 Å². The van der Waals surface area contributed by atoms with Crippen LogP contribution < -0.4 is 10.1 Å². The molecule has 0 unspecified atom stereocenters. The fraction of sp³-hybridized carbons (Fsp3) is 0.474. The Morgan fingerprint density at radius 1 is 1.25 bits per heavy atom. The lowest BCUT2D eigenvalue weighted by atomic mass is 10.2. The highest BCUT2D eigenvalue weighted by molar-refractivity contribution is 5.80. The van der Waals surface area contributed by atoms with Crippen molar-refractivity contribution >= 4 is 5.96 Å². The van der Waals surface area contributed by atoms with Gasteiger partial charge in [-0.15, -0.1) is 0 Å². The number of piperazine rings is 1. The van der Waals surface area contributed by atoms with Crippen LogP contribution in [0.1, 0.15) is 18.2 Å². The SMILES string of the molecule is CCNC(=NCc1ccccc1OC(F)F)N1CCN(Cc2ccon2)CC1. The number of hydrogen-bond donors (Lipinski definition) is 1. The van der Waals surface area contributed by atoms with Gasteiger partial charge in [0.05, 0.1) is 12.2 Å². The molecule has 2 heterocycles. The molecule has 9 heteroatoms. The summed E-state index contributed by atoms with van der Waals surface area (Å²) in [6.45, 7) is 4.30. The smallest absolute Gasteiger partial charge is 0.387 e. The van der Waals surface area contributed by atoms with Crippen LogP contribution in [0.2, 0.25) is 0 Å². The standard InChI is InChI=1S/C19H25F2N5O2/c1-2-22-19(23-13-15-5-3-4-6-17(15)28-18(20)21)26-10-8-25(9-11-26)14-16-7-12-27-24-16/h3-7,12,18H,2,8-11,13-14H2,1H3,(H,22,23). The predicted octanol–water partition coefficient (Wildman–Crippen LogP) is 2.56. The quantitative estimate of drug-likeness (QED) is 0.576. The molecule has 0 saturated carbocycles. The van der Waals surface area contributed by atoms with Crippen LogP contribution in [-0.2, 0) is 13.1 Å². The Hall–Kier alpha value is -2.68. The van der Waals surface area contributed by atoms with Crippen LogP contribution in [0.4, 0.5) is 8.78 Å². The molecule has 1 saturated heterocycles. The predicted molar refractivity (Wildman–Crippen MR) is 101 cm³/mol. The minimum absolute atomic E-state index is 0.162. The summed E-state index contributed by atoms with van der Waals surface area (Å²) in [7, 11) is 0. The van der Waals surface area contributed by atoms with E-state index >= 15 is 0 Å². The number of nitrogens with one attached hydrogen (secondary N) is 1. The number of rotatable bonds is 7. The molecule has 0 radical (unpaired) electrons. The van der Waals surface area contributed by atoms with Crippen LogP contribution in [0.25, 0.3) is 0 Å². The van der Waals surface area contributed by atoms with Crippen molar-refractivity contribution in [3.63, 3.8) is 0 Å². The number of aromatic nitrogens is 1. The third-order valence-electron chi connectivity index (χ3n) is 4.47. The molecule has 1 aromatic carbocycles.